The van der Waals surface area contributed by atoms with Crippen molar-refractivity contribution >= 4 is 0 Å². The van der Waals surface area contributed by atoms with Crippen LogP contribution in [0.2, 0.25) is 0 Å². The fraction of sp³-hybridized carbons (Fsp3) is 0.800. The lowest BCUT2D eigenvalue weighted by molar-refractivity contribution is 0.0790. The molecule has 0 aromatic carbocycles. The molecule has 1 fully saturated rings. The number of hydrogen-bond acceptors (Lipinski definition) is 5. The van der Waals surface area contributed by atoms with Crippen LogP contribution >= 0.6 is 0 Å². The topological polar surface area (TPSA) is 60.2 Å². The molecule has 0 amide bonds. The molecular weight excluding hydrogens is 194 g/mol. The number of aromatic nitrogens is 2. The minimum absolute atomic E-state index is 0.117. The molecule has 84 valence electrons. The van der Waals surface area contributed by atoms with Crippen LogP contribution in [-0.4, -0.2) is 30.5 Å². The molecule has 1 aromatic rings. The van der Waals surface area contributed by atoms with Crippen LogP contribution in [0.1, 0.15) is 43.5 Å². The van der Waals surface area contributed by atoms with Crippen molar-refractivity contribution in [2.24, 2.45) is 0 Å². The molecule has 1 saturated heterocycles. The van der Waals surface area contributed by atoms with E-state index in [4.69, 9.17) is 9.15 Å². The maximum Gasteiger partial charge on any atom is 0.233 e. The summed E-state index contributed by atoms with van der Waals surface area (Å²) in [6.07, 6.45) is 1.96. The Bertz CT molecular complexity index is 307. The van der Waals surface area contributed by atoms with Gasteiger partial charge in [-0.3, -0.25) is 0 Å². The van der Waals surface area contributed by atoms with Gasteiger partial charge in [0.15, 0.2) is 0 Å². The lowest BCUT2D eigenvalue weighted by atomic mass is 10.0. The Hall–Kier alpha value is -0.940. The average Bonchev–Trinajstić information content (AvgIpc) is 2.78. The minimum Gasteiger partial charge on any atom is -0.423 e. The Morgan fingerprint density at radius 2 is 2.07 bits per heavy atom. The third-order valence-corrected chi connectivity index (χ3v) is 2.83. The van der Waals surface area contributed by atoms with Crippen LogP contribution in [0.15, 0.2) is 4.42 Å². The van der Waals surface area contributed by atoms with Crippen molar-refractivity contribution in [3.63, 3.8) is 0 Å². The first-order chi connectivity index (χ1) is 7.31. The van der Waals surface area contributed by atoms with E-state index in [1.807, 2.05) is 14.0 Å². The molecule has 0 aliphatic carbocycles. The van der Waals surface area contributed by atoms with Crippen molar-refractivity contribution in [2.75, 3.05) is 20.3 Å². The highest BCUT2D eigenvalue weighted by atomic mass is 16.5. The molecule has 5 nitrogen and oxygen atoms in total. The predicted molar refractivity (Wildman–Crippen MR) is 54.6 cm³/mol. The second kappa shape index (κ2) is 4.72. The molecule has 1 aromatic heterocycles. The maximum atomic E-state index is 5.64. The fourth-order valence-electron chi connectivity index (χ4n) is 1.65. The molecule has 1 atom stereocenters. The zero-order valence-electron chi connectivity index (χ0n) is 9.19. The summed E-state index contributed by atoms with van der Waals surface area (Å²) in [5.41, 5.74) is 0. The second-order valence-electron chi connectivity index (χ2n) is 3.88. The zero-order chi connectivity index (χ0) is 10.7. The van der Waals surface area contributed by atoms with Crippen molar-refractivity contribution in [1.82, 2.24) is 15.5 Å². The molecule has 15 heavy (non-hydrogen) atoms. The highest BCUT2D eigenvalue weighted by Crippen LogP contribution is 2.26. The molecule has 0 spiro atoms. The van der Waals surface area contributed by atoms with Gasteiger partial charge in [-0.1, -0.05) is 0 Å². The summed E-state index contributed by atoms with van der Waals surface area (Å²) < 4.78 is 10.9. The molecule has 0 radical (unpaired) electrons. The molecule has 1 aliphatic rings. The summed E-state index contributed by atoms with van der Waals surface area (Å²) in [5, 5.41) is 11.2. The smallest absolute Gasteiger partial charge is 0.233 e. The quantitative estimate of drug-likeness (QED) is 0.815. The van der Waals surface area contributed by atoms with Gasteiger partial charge in [0, 0.05) is 19.1 Å². The van der Waals surface area contributed by atoms with Gasteiger partial charge in [0.2, 0.25) is 11.8 Å². The van der Waals surface area contributed by atoms with Crippen LogP contribution in [0, 0.1) is 0 Å². The van der Waals surface area contributed by atoms with E-state index >= 15 is 0 Å². The fourth-order valence-corrected chi connectivity index (χ4v) is 1.65. The number of hydrogen-bond donors (Lipinski definition) is 1. The number of nitrogens with zero attached hydrogens (tertiary/aromatic N) is 2. The van der Waals surface area contributed by atoms with E-state index in [1.165, 1.54) is 0 Å². The second-order valence-corrected chi connectivity index (χ2v) is 3.88. The number of rotatable bonds is 3. The van der Waals surface area contributed by atoms with E-state index in [0.717, 1.165) is 31.9 Å². The predicted octanol–water partition coefficient (Wildman–Crippen LogP) is 1.24. The zero-order valence-corrected chi connectivity index (χ0v) is 9.19. The lowest BCUT2D eigenvalue weighted by Gasteiger charge is -2.18. The Morgan fingerprint density at radius 1 is 1.33 bits per heavy atom. The Morgan fingerprint density at radius 3 is 2.73 bits per heavy atom. The van der Waals surface area contributed by atoms with Gasteiger partial charge in [0.1, 0.15) is 0 Å². The molecular formula is C10H17N3O2. The van der Waals surface area contributed by atoms with Gasteiger partial charge in [-0.05, 0) is 26.8 Å². The van der Waals surface area contributed by atoms with Crippen molar-refractivity contribution in [1.29, 1.82) is 0 Å². The first-order valence-corrected chi connectivity index (χ1v) is 5.39. The van der Waals surface area contributed by atoms with Crippen LogP contribution < -0.4 is 5.32 Å². The molecule has 1 unspecified atom stereocenters. The van der Waals surface area contributed by atoms with Crippen LogP contribution in [0.5, 0.6) is 0 Å². The van der Waals surface area contributed by atoms with Crippen molar-refractivity contribution in [3.8, 4) is 0 Å². The van der Waals surface area contributed by atoms with Gasteiger partial charge in [0.05, 0.1) is 6.04 Å². The summed E-state index contributed by atoms with van der Waals surface area (Å²) >= 11 is 0. The largest absolute Gasteiger partial charge is 0.423 e. The van der Waals surface area contributed by atoms with E-state index in [0.29, 0.717) is 11.8 Å². The van der Waals surface area contributed by atoms with Gasteiger partial charge in [-0.2, -0.15) is 0 Å². The van der Waals surface area contributed by atoms with Crippen LogP contribution in [0.25, 0.3) is 0 Å². The van der Waals surface area contributed by atoms with Gasteiger partial charge >= 0.3 is 0 Å². The van der Waals surface area contributed by atoms with Gasteiger partial charge < -0.3 is 14.5 Å². The standard InChI is InChI=1S/C10H17N3O2/c1-7(11-2)9-12-13-10(15-9)8-3-5-14-6-4-8/h7-8,11H,3-6H2,1-2H3. The summed E-state index contributed by atoms with van der Waals surface area (Å²) in [4.78, 5) is 0. The summed E-state index contributed by atoms with van der Waals surface area (Å²) in [6.45, 7) is 3.59. The van der Waals surface area contributed by atoms with Crippen LogP contribution in [-0.2, 0) is 4.74 Å². The van der Waals surface area contributed by atoms with Crippen molar-refractivity contribution in [2.45, 2.75) is 31.7 Å². The van der Waals surface area contributed by atoms with Gasteiger partial charge in [0.25, 0.3) is 0 Å². The van der Waals surface area contributed by atoms with E-state index < -0.39 is 0 Å². The SMILES string of the molecule is CNC(C)c1nnc(C2CCOCC2)o1. The molecule has 1 aliphatic heterocycles. The normalized spacial score (nSPS) is 20.4. The van der Waals surface area contributed by atoms with Crippen molar-refractivity contribution < 1.29 is 9.15 Å². The Balaban J connectivity index is 2.05. The van der Waals surface area contributed by atoms with Crippen molar-refractivity contribution in [3.05, 3.63) is 11.8 Å². The summed E-state index contributed by atoms with van der Waals surface area (Å²) in [6, 6.07) is 0.117. The first-order valence-electron chi connectivity index (χ1n) is 5.39. The Labute approximate surface area is 89.2 Å². The average molecular weight is 211 g/mol. The molecule has 0 bridgehead atoms. The maximum absolute atomic E-state index is 5.64. The molecule has 1 N–H and O–H groups in total. The number of ether oxygens (including phenoxy) is 1. The van der Waals surface area contributed by atoms with Gasteiger partial charge in [-0.25, -0.2) is 0 Å². The van der Waals surface area contributed by atoms with E-state index in [1.54, 1.807) is 0 Å². The van der Waals surface area contributed by atoms with E-state index in [-0.39, 0.29) is 6.04 Å². The van der Waals surface area contributed by atoms with Crippen LogP contribution in [0.3, 0.4) is 0 Å². The third-order valence-electron chi connectivity index (χ3n) is 2.83. The van der Waals surface area contributed by atoms with E-state index in [9.17, 15) is 0 Å². The molecule has 5 heteroatoms. The summed E-state index contributed by atoms with van der Waals surface area (Å²) in [7, 11) is 1.88. The summed E-state index contributed by atoms with van der Waals surface area (Å²) in [5.74, 6) is 1.80. The minimum atomic E-state index is 0.117. The molecule has 0 saturated carbocycles. The Kier molecular flexibility index (Phi) is 3.33. The number of nitrogens with one attached hydrogen (secondary N) is 1. The molecule has 2 rings (SSSR count). The first kappa shape index (κ1) is 10.6. The monoisotopic (exact) mass is 211 g/mol. The highest BCUT2D eigenvalue weighted by Gasteiger charge is 2.22. The molecule has 2 heterocycles. The van der Waals surface area contributed by atoms with Gasteiger partial charge in [-0.15, -0.1) is 10.2 Å². The van der Waals surface area contributed by atoms with Crippen LogP contribution in [0.4, 0.5) is 0 Å². The van der Waals surface area contributed by atoms with E-state index in [2.05, 4.69) is 15.5 Å². The third kappa shape index (κ3) is 2.35. The highest BCUT2D eigenvalue weighted by molar-refractivity contribution is 4.94. The lowest BCUT2D eigenvalue weighted by Crippen LogP contribution is -2.14.